The number of likely N-dealkylation sites (tertiary alicyclic amines) is 1. The first-order valence-corrected chi connectivity index (χ1v) is 8.31. The first kappa shape index (κ1) is 15.6. The van der Waals surface area contributed by atoms with E-state index in [2.05, 4.69) is 15.0 Å². The van der Waals surface area contributed by atoms with Gasteiger partial charge in [-0.2, -0.15) is 0 Å². The molecular weight excluding hydrogens is 320 g/mol. The van der Waals surface area contributed by atoms with Gasteiger partial charge < -0.3 is 14.3 Å². The fourth-order valence-electron chi connectivity index (χ4n) is 3.37. The van der Waals surface area contributed by atoms with Crippen LogP contribution in [0.25, 0.3) is 11.1 Å². The van der Waals surface area contributed by atoms with Crippen molar-refractivity contribution in [2.24, 2.45) is 0 Å². The molecule has 2 aromatic heterocycles. The van der Waals surface area contributed by atoms with E-state index < -0.39 is 0 Å². The molecule has 25 heavy (non-hydrogen) atoms. The first-order chi connectivity index (χ1) is 12.1. The van der Waals surface area contributed by atoms with Gasteiger partial charge in [-0.05, 0) is 31.0 Å². The van der Waals surface area contributed by atoms with Gasteiger partial charge in [-0.15, -0.1) is 0 Å². The van der Waals surface area contributed by atoms with Crippen LogP contribution in [-0.2, 0) is 0 Å². The topological polar surface area (TPSA) is 92.1 Å². The number of H-pyrrole nitrogens is 1. The third-order valence-corrected chi connectivity index (χ3v) is 4.57. The summed E-state index contributed by atoms with van der Waals surface area (Å²) in [4.78, 5) is 37.2. The molecule has 0 aliphatic carbocycles. The molecule has 0 saturated carbocycles. The van der Waals surface area contributed by atoms with Crippen molar-refractivity contribution in [1.29, 1.82) is 0 Å². The van der Waals surface area contributed by atoms with Gasteiger partial charge in [-0.1, -0.05) is 0 Å². The number of piperidine rings is 1. The number of benzene rings is 1. The van der Waals surface area contributed by atoms with Crippen molar-refractivity contribution in [1.82, 2.24) is 19.9 Å². The lowest BCUT2D eigenvalue weighted by molar-refractivity contribution is 0.0706. The predicted octanol–water partition coefficient (Wildman–Crippen LogP) is 2.24. The van der Waals surface area contributed by atoms with Crippen LogP contribution in [0.3, 0.4) is 0 Å². The van der Waals surface area contributed by atoms with Gasteiger partial charge in [-0.25, -0.2) is 9.97 Å². The molecule has 1 N–H and O–H groups in total. The minimum atomic E-state index is -0.167. The SMILES string of the molecule is Cc1nc2ccc(C(=O)N3CCC[C@H](c4cc(=O)[nH]cn4)C3)cc2o1. The Morgan fingerprint density at radius 2 is 2.24 bits per heavy atom. The monoisotopic (exact) mass is 338 g/mol. The van der Waals surface area contributed by atoms with Gasteiger partial charge in [0.15, 0.2) is 11.5 Å². The maximum atomic E-state index is 12.9. The van der Waals surface area contributed by atoms with Crippen molar-refractivity contribution in [3.8, 4) is 0 Å². The molecule has 7 heteroatoms. The Labute approximate surface area is 143 Å². The Balaban J connectivity index is 1.57. The van der Waals surface area contributed by atoms with Crippen LogP contribution in [-0.4, -0.2) is 38.8 Å². The fourth-order valence-corrected chi connectivity index (χ4v) is 3.37. The molecule has 0 bridgehead atoms. The van der Waals surface area contributed by atoms with Crippen LogP contribution in [0.2, 0.25) is 0 Å². The third kappa shape index (κ3) is 3.05. The van der Waals surface area contributed by atoms with Crippen LogP contribution in [0, 0.1) is 6.92 Å². The summed E-state index contributed by atoms with van der Waals surface area (Å²) in [6.07, 6.45) is 3.22. The van der Waals surface area contributed by atoms with E-state index in [0.29, 0.717) is 30.1 Å². The first-order valence-electron chi connectivity index (χ1n) is 8.31. The van der Waals surface area contributed by atoms with E-state index in [-0.39, 0.29) is 17.4 Å². The number of oxazole rings is 1. The van der Waals surface area contributed by atoms with Crippen molar-refractivity contribution in [2.75, 3.05) is 13.1 Å². The number of nitrogens with zero attached hydrogens (tertiary/aromatic N) is 3. The van der Waals surface area contributed by atoms with E-state index in [0.717, 1.165) is 24.1 Å². The maximum absolute atomic E-state index is 12.9. The highest BCUT2D eigenvalue weighted by atomic mass is 16.3. The number of aromatic amines is 1. The van der Waals surface area contributed by atoms with Crippen LogP contribution in [0.15, 0.2) is 39.8 Å². The summed E-state index contributed by atoms with van der Waals surface area (Å²) in [5, 5.41) is 0. The van der Waals surface area contributed by atoms with Gasteiger partial charge in [-0.3, -0.25) is 9.59 Å². The van der Waals surface area contributed by atoms with Crippen molar-refractivity contribution in [2.45, 2.75) is 25.7 Å². The molecule has 1 amide bonds. The zero-order valence-corrected chi connectivity index (χ0v) is 13.9. The quantitative estimate of drug-likeness (QED) is 0.773. The zero-order valence-electron chi connectivity index (χ0n) is 13.9. The maximum Gasteiger partial charge on any atom is 0.254 e. The van der Waals surface area contributed by atoms with E-state index in [9.17, 15) is 9.59 Å². The van der Waals surface area contributed by atoms with Crippen LogP contribution in [0.4, 0.5) is 0 Å². The van der Waals surface area contributed by atoms with E-state index in [1.54, 1.807) is 25.1 Å². The second-order valence-electron chi connectivity index (χ2n) is 6.34. The molecule has 1 atom stereocenters. The normalized spacial score (nSPS) is 17.8. The van der Waals surface area contributed by atoms with Crippen LogP contribution >= 0.6 is 0 Å². The van der Waals surface area contributed by atoms with Crippen molar-refractivity contribution in [3.63, 3.8) is 0 Å². The highest BCUT2D eigenvalue weighted by Gasteiger charge is 2.26. The molecule has 0 unspecified atom stereocenters. The number of hydrogen-bond donors (Lipinski definition) is 1. The van der Waals surface area contributed by atoms with Crippen LogP contribution in [0.1, 0.15) is 40.7 Å². The highest BCUT2D eigenvalue weighted by molar-refractivity contribution is 5.97. The van der Waals surface area contributed by atoms with E-state index in [1.165, 1.54) is 12.4 Å². The van der Waals surface area contributed by atoms with E-state index >= 15 is 0 Å². The summed E-state index contributed by atoms with van der Waals surface area (Å²) in [5.74, 6) is 0.625. The second kappa shape index (κ2) is 6.16. The van der Waals surface area contributed by atoms with Gasteiger partial charge in [0.1, 0.15) is 5.52 Å². The van der Waals surface area contributed by atoms with Gasteiger partial charge >= 0.3 is 0 Å². The smallest absolute Gasteiger partial charge is 0.254 e. The minimum absolute atomic E-state index is 0.0366. The summed E-state index contributed by atoms with van der Waals surface area (Å²) in [7, 11) is 0. The number of fused-ring (bicyclic) bond motifs is 1. The van der Waals surface area contributed by atoms with Gasteiger partial charge in [0.25, 0.3) is 11.5 Å². The van der Waals surface area contributed by atoms with Crippen molar-refractivity contribution >= 4 is 17.0 Å². The summed E-state index contributed by atoms with van der Waals surface area (Å²) in [6, 6.07) is 6.84. The van der Waals surface area contributed by atoms with Gasteiger partial charge in [0, 0.05) is 37.6 Å². The lowest BCUT2D eigenvalue weighted by Gasteiger charge is -2.32. The average molecular weight is 338 g/mol. The molecule has 128 valence electrons. The Morgan fingerprint density at radius 1 is 1.36 bits per heavy atom. The van der Waals surface area contributed by atoms with Gasteiger partial charge in [0.2, 0.25) is 0 Å². The molecule has 1 saturated heterocycles. The number of hydrogen-bond acceptors (Lipinski definition) is 5. The minimum Gasteiger partial charge on any atom is -0.441 e. The third-order valence-electron chi connectivity index (χ3n) is 4.57. The number of carbonyl (C=O) groups is 1. The summed E-state index contributed by atoms with van der Waals surface area (Å²) in [6.45, 7) is 3.04. The van der Waals surface area contributed by atoms with E-state index in [4.69, 9.17) is 4.42 Å². The lowest BCUT2D eigenvalue weighted by atomic mass is 9.94. The number of rotatable bonds is 2. The number of nitrogens with one attached hydrogen (secondary N) is 1. The highest BCUT2D eigenvalue weighted by Crippen LogP contribution is 2.26. The molecule has 1 aliphatic rings. The molecule has 1 aliphatic heterocycles. The standard InChI is InChI=1S/C18H18N4O3/c1-11-21-14-5-4-12(7-16(14)25-11)18(24)22-6-2-3-13(9-22)15-8-17(23)20-10-19-15/h4-5,7-8,10,13H,2-3,6,9H2,1H3,(H,19,20,23)/t13-/m0/s1. The largest absolute Gasteiger partial charge is 0.441 e. The Morgan fingerprint density at radius 3 is 3.08 bits per heavy atom. The molecule has 0 spiro atoms. The number of aryl methyl sites for hydroxylation is 1. The molecule has 3 aromatic rings. The second-order valence-corrected chi connectivity index (χ2v) is 6.34. The molecule has 0 radical (unpaired) electrons. The molecule has 3 heterocycles. The predicted molar refractivity (Wildman–Crippen MR) is 91.5 cm³/mol. The Hall–Kier alpha value is -2.96. The fraction of sp³-hybridized carbons (Fsp3) is 0.333. The number of amides is 1. The summed E-state index contributed by atoms with van der Waals surface area (Å²) in [5.41, 5.74) is 2.52. The van der Waals surface area contributed by atoms with Crippen LogP contribution < -0.4 is 5.56 Å². The van der Waals surface area contributed by atoms with E-state index in [1.807, 2.05) is 4.90 Å². The zero-order chi connectivity index (χ0) is 17.4. The summed E-state index contributed by atoms with van der Waals surface area (Å²) < 4.78 is 5.52. The van der Waals surface area contributed by atoms with Crippen molar-refractivity contribution in [3.05, 3.63) is 58.1 Å². The van der Waals surface area contributed by atoms with Gasteiger partial charge in [0.05, 0.1) is 12.0 Å². The lowest BCUT2D eigenvalue weighted by Crippen LogP contribution is -2.39. The Bertz CT molecular complexity index is 991. The van der Waals surface area contributed by atoms with Crippen LogP contribution in [0.5, 0.6) is 0 Å². The average Bonchev–Trinajstić information content (AvgIpc) is 3.00. The number of carbonyl (C=O) groups excluding carboxylic acids is 1. The Kier molecular flexibility index (Phi) is 3.83. The summed E-state index contributed by atoms with van der Waals surface area (Å²) >= 11 is 0. The molecule has 7 nitrogen and oxygen atoms in total. The molecular formula is C18H18N4O3. The molecule has 1 fully saturated rings. The molecule has 1 aromatic carbocycles. The molecule has 4 rings (SSSR count). The van der Waals surface area contributed by atoms with Crippen molar-refractivity contribution < 1.29 is 9.21 Å². The number of aromatic nitrogens is 3.